The Morgan fingerprint density at radius 3 is 2.71 bits per heavy atom. The van der Waals surface area contributed by atoms with Crippen molar-refractivity contribution in [2.45, 2.75) is 18.1 Å². The van der Waals surface area contributed by atoms with Gasteiger partial charge in [0.05, 0.1) is 11.9 Å². The number of nitrogens with zero attached hydrogens (tertiary/aromatic N) is 1. The molecule has 2 rings (SSSR count). The summed E-state index contributed by atoms with van der Waals surface area (Å²) >= 11 is 12.2. The number of sulfonamides is 1. The van der Waals surface area contributed by atoms with Crippen molar-refractivity contribution < 1.29 is 13.2 Å². The van der Waals surface area contributed by atoms with Crippen LogP contribution in [0.5, 0.6) is 0 Å². The van der Waals surface area contributed by atoms with Crippen LogP contribution in [0.15, 0.2) is 18.2 Å². The Bertz CT molecular complexity index is 604. The molecule has 1 saturated heterocycles. The molecule has 0 bridgehead atoms. The van der Waals surface area contributed by atoms with Gasteiger partial charge >= 0.3 is 0 Å². The fourth-order valence-electron chi connectivity index (χ4n) is 2.61. The number of benzene rings is 1. The van der Waals surface area contributed by atoms with E-state index in [-0.39, 0.29) is 5.92 Å². The Balaban J connectivity index is 2.26. The largest absolute Gasteiger partial charge is 0.381 e. The average molecular weight is 352 g/mol. The third-order valence-corrected chi connectivity index (χ3v) is 6.79. The van der Waals surface area contributed by atoms with Gasteiger partial charge in [-0.25, -0.2) is 12.7 Å². The van der Waals surface area contributed by atoms with E-state index in [0.717, 1.165) is 5.56 Å². The second kappa shape index (κ2) is 6.84. The van der Waals surface area contributed by atoms with Crippen LogP contribution >= 0.6 is 23.2 Å². The van der Waals surface area contributed by atoms with Gasteiger partial charge in [-0.1, -0.05) is 23.2 Å². The number of halogens is 2. The molecule has 118 valence electrons. The molecular formula is C14H19Cl2NO3S. The van der Waals surface area contributed by atoms with Crippen molar-refractivity contribution in [2.75, 3.05) is 27.3 Å². The highest BCUT2D eigenvalue weighted by molar-refractivity contribution is 7.89. The summed E-state index contributed by atoms with van der Waals surface area (Å²) in [6, 6.07) is 5.25. The van der Waals surface area contributed by atoms with Crippen molar-refractivity contribution in [3.63, 3.8) is 0 Å². The Morgan fingerprint density at radius 2 is 2.05 bits per heavy atom. The molecule has 0 spiro atoms. The predicted octanol–water partition coefficient (Wildman–Crippen LogP) is 2.83. The first-order chi connectivity index (χ1) is 9.82. The highest BCUT2D eigenvalue weighted by Crippen LogP contribution is 2.30. The van der Waals surface area contributed by atoms with Crippen LogP contribution in [-0.2, 0) is 21.2 Å². The van der Waals surface area contributed by atoms with Crippen LogP contribution in [0.1, 0.15) is 12.0 Å². The zero-order valence-electron chi connectivity index (χ0n) is 12.1. The number of hydrogen-bond acceptors (Lipinski definition) is 3. The molecule has 4 nitrogen and oxygen atoms in total. The molecule has 0 saturated carbocycles. The molecule has 1 aliphatic heterocycles. The first-order valence-electron chi connectivity index (χ1n) is 6.75. The monoisotopic (exact) mass is 351 g/mol. The van der Waals surface area contributed by atoms with E-state index < -0.39 is 15.3 Å². The maximum Gasteiger partial charge on any atom is 0.216 e. The van der Waals surface area contributed by atoms with E-state index in [1.807, 2.05) is 0 Å². The summed E-state index contributed by atoms with van der Waals surface area (Å²) in [5, 5.41) is 0.750. The highest BCUT2D eigenvalue weighted by atomic mass is 35.5. The van der Waals surface area contributed by atoms with E-state index in [1.165, 1.54) is 4.31 Å². The Labute approximate surface area is 136 Å². The second-order valence-electron chi connectivity index (χ2n) is 5.43. The van der Waals surface area contributed by atoms with E-state index in [4.69, 9.17) is 27.9 Å². The van der Waals surface area contributed by atoms with Gasteiger partial charge in [-0.2, -0.15) is 0 Å². The van der Waals surface area contributed by atoms with E-state index in [9.17, 15) is 8.42 Å². The zero-order valence-corrected chi connectivity index (χ0v) is 14.4. The number of hydrogen-bond donors (Lipinski definition) is 0. The third-order valence-electron chi connectivity index (χ3n) is 3.79. The highest BCUT2D eigenvalue weighted by Gasteiger charge is 2.37. The summed E-state index contributed by atoms with van der Waals surface area (Å²) in [5.41, 5.74) is 0.860. The molecule has 1 aromatic rings. The molecule has 1 fully saturated rings. The SMILES string of the molecule is CN(C)S(=O)(=O)[C@@H]1CCOC[C@@H]1Cc1cc(Cl)ccc1Cl. The summed E-state index contributed by atoms with van der Waals surface area (Å²) in [5.74, 6) is -0.123. The van der Waals surface area contributed by atoms with Gasteiger partial charge in [-0.15, -0.1) is 0 Å². The smallest absolute Gasteiger partial charge is 0.216 e. The van der Waals surface area contributed by atoms with Crippen LogP contribution < -0.4 is 0 Å². The molecule has 0 aromatic heterocycles. The molecule has 7 heteroatoms. The number of rotatable bonds is 4. The molecule has 0 radical (unpaired) electrons. The lowest BCUT2D eigenvalue weighted by molar-refractivity contribution is 0.0563. The van der Waals surface area contributed by atoms with Gasteiger partial charge in [-0.05, 0) is 36.6 Å². The minimum atomic E-state index is -3.31. The minimum absolute atomic E-state index is 0.123. The first-order valence-corrected chi connectivity index (χ1v) is 9.01. The molecule has 0 unspecified atom stereocenters. The van der Waals surface area contributed by atoms with Crippen LogP contribution in [0.2, 0.25) is 10.0 Å². The van der Waals surface area contributed by atoms with Gasteiger partial charge < -0.3 is 4.74 Å². The number of ether oxygens (including phenoxy) is 1. The standard InChI is InChI=1S/C14H19Cl2NO3S/c1-17(2)21(18,19)14-5-6-20-9-11(14)7-10-8-12(15)3-4-13(10)16/h3-4,8,11,14H,5-7,9H2,1-2H3/t11-,14+/m0/s1. The van der Waals surface area contributed by atoms with E-state index >= 15 is 0 Å². The Kier molecular flexibility index (Phi) is 5.54. The Hall–Kier alpha value is -0.330. The quantitative estimate of drug-likeness (QED) is 0.837. The van der Waals surface area contributed by atoms with Gasteiger partial charge in [0.15, 0.2) is 0 Å². The molecule has 0 aliphatic carbocycles. The third kappa shape index (κ3) is 3.90. The molecule has 1 aromatic carbocycles. The fraction of sp³-hybridized carbons (Fsp3) is 0.571. The molecule has 1 aliphatic rings. The summed E-state index contributed by atoms with van der Waals surface area (Å²) < 4.78 is 31.7. The lowest BCUT2D eigenvalue weighted by atomic mass is 9.93. The normalized spacial score (nSPS) is 23.5. The van der Waals surface area contributed by atoms with E-state index in [1.54, 1.807) is 32.3 Å². The van der Waals surface area contributed by atoms with Crippen molar-refractivity contribution in [3.8, 4) is 0 Å². The molecule has 0 N–H and O–H groups in total. The van der Waals surface area contributed by atoms with Crippen LogP contribution in [0, 0.1) is 5.92 Å². The molecule has 0 amide bonds. The van der Waals surface area contributed by atoms with Crippen LogP contribution in [0.3, 0.4) is 0 Å². The lowest BCUT2D eigenvalue weighted by Gasteiger charge is -2.33. The first kappa shape index (κ1) is 17.0. The maximum atomic E-state index is 12.4. The summed E-state index contributed by atoms with van der Waals surface area (Å²) in [6.45, 7) is 0.887. The average Bonchev–Trinajstić information content (AvgIpc) is 2.43. The van der Waals surface area contributed by atoms with Crippen molar-refractivity contribution in [2.24, 2.45) is 5.92 Å². The van der Waals surface area contributed by atoms with Gasteiger partial charge in [0.2, 0.25) is 10.0 Å². The van der Waals surface area contributed by atoms with Gasteiger partial charge in [-0.3, -0.25) is 0 Å². The maximum absolute atomic E-state index is 12.4. The fourth-order valence-corrected chi connectivity index (χ4v) is 4.60. The van der Waals surface area contributed by atoms with Crippen LogP contribution in [-0.4, -0.2) is 45.3 Å². The summed E-state index contributed by atoms with van der Waals surface area (Å²) in [7, 11) is -0.188. The van der Waals surface area contributed by atoms with Gasteiger partial charge in [0.1, 0.15) is 0 Å². The van der Waals surface area contributed by atoms with E-state index in [2.05, 4.69) is 0 Å². The van der Waals surface area contributed by atoms with E-state index in [0.29, 0.717) is 36.1 Å². The Morgan fingerprint density at radius 1 is 1.33 bits per heavy atom. The topological polar surface area (TPSA) is 46.6 Å². The predicted molar refractivity (Wildman–Crippen MR) is 85.5 cm³/mol. The zero-order chi connectivity index (χ0) is 15.6. The van der Waals surface area contributed by atoms with Crippen molar-refractivity contribution in [1.29, 1.82) is 0 Å². The minimum Gasteiger partial charge on any atom is -0.381 e. The van der Waals surface area contributed by atoms with Gasteiger partial charge in [0, 0.05) is 36.7 Å². The van der Waals surface area contributed by atoms with Gasteiger partial charge in [0.25, 0.3) is 0 Å². The second-order valence-corrected chi connectivity index (χ2v) is 8.64. The summed E-state index contributed by atoms with van der Waals surface area (Å²) in [6.07, 6.45) is 1.04. The van der Waals surface area contributed by atoms with Crippen LogP contribution in [0.25, 0.3) is 0 Å². The van der Waals surface area contributed by atoms with Crippen molar-refractivity contribution >= 4 is 33.2 Å². The summed E-state index contributed by atoms with van der Waals surface area (Å²) in [4.78, 5) is 0. The van der Waals surface area contributed by atoms with Crippen LogP contribution in [0.4, 0.5) is 0 Å². The lowest BCUT2D eigenvalue weighted by Crippen LogP contribution is -2.44. The van der Waals surface area contributed by atoms with Crippen molar-refractivity contribution in [1.82, 2.24) is 4.31 Å². The molecular weight excluding hydrogens is 333 g/mol. The van der Waals surface area contributed by atoms with Crippen molar-refractivity contribution in [3.05, 3.63) is 33.8 Å². The molecule has 21 heavy (non-hydrogen) atoms. The molecule has 1 heterocycles. The molecule has 2 atom stereocenters.